The van der Waals surface area contributed by atoms with E-state index in [-0.39, 0.29) is 31.1 Å². The van der Waals surface area contributed by atoms with Crippen molar-refractivity contribution in [2.75, 3.05) is 13.2 Å². The number of ether oxygens (including phenoxy) is 3. The van der Waals surface area contributed by atoms with Gasteiger partial charge in [-0.15, -0.1) is 0 Å². The molecule has 0 aromatic carbocycles. The number of carbonyl (C=O) groups excluding carboxylic acids is 3. The van der Waals surface area contributed by atoms with E-state index < -0.39 is 6.10 Å². The molecule has 0 aliphatic rings. The van der Waals surface area contributed by atoms with Crippen LogP contribution in [0.2, 0.25) is 0 Å². The van der Waals surface area contributed by atoms with Gasteiger partial charge in [0.15, 0.2) is 6.10 Å². The molecule has 80 heavy (non-hydrogen) atoms. The Hall–Kier alpha value is -4.97. The molecule has 0 aliphatic carbocycles. The van der Waals surface area contributed by atoms with Crippen molar-refractivity contribution in [3.8, 4) is 0 Å². The van der Waals surface area contributed by atoms with E-state index in [1.54, 1.807) is 0 Å². The van der Waals surface area contributed by atoms with Crippen LogP contribution >= 0.6 is 0 Å². The van der Waals surface area contributed by atoms with Crippen molar-refractivity contribution in [3.63, 3.8) is 0 Å². The average molecular weight is 1100 g/mol. The first-order valence-electron chi connectivity index (χ1n) is 32.5. The predicted octanol–water partition coefficient (Wildman–Crippen LogP) is 22.5. The van der Waals surface area contributed by atoms with Gasteiger partial charge in [-0.05, 0) is 128 Å². The summed E-state index contributed by atoms with van der Waals surface area (Å²) in [7, 11) is 0. The Kier molecular flexibility index (Phi) is 62.4. The zero-order chi connectivity index (χ0) is 57.8. The maximum atomic E-state index is 12.9. The van der Waals surface area contributed by atoms with E-state index in [0.29, 0.717) is 19.3 Å². The summed E-state index contributed by atoms with van der Waals surface area (Å²) in [5, 5.41) is 0. The summed E-state index contributed by atoms with van der Waals surface area (Å²) >= 11 is 0. The molecule has 0 spiro atoms. The summed E-state index contributed by atoms with van der Waals surface area (Å²) in [5.41, 5.74) is 0. The molecule has 0 heterocycles. The maximum absolute atomic E-state index is 12.9. The predicted molar refractivity (Wildman–Crippen MR) is 348 cm³/mol. The molecule has 0 saturated carbocycles. The number of hydrogen-bond acceptors (Lipinski definition) is 6. The summed E-state index contributed by atoms with van der Waals surface area (Å²) in [6.07, 6.45) is 97.1. The van der Waals surface area contributed by atoms with Crippen LogP contribution in [0, 0.1) is 0 Å². The number of hydrogen-bond donors (Lipinski definition) is 0. The second-order valence-electron chi connectivity index (χ2n) is 20.9. The van der Waals surface area contributed by atoms with E-state index in [9.17, 15) is 14.4 Å². The Labute approximate surface area is 492 Å². The van der Waals surface area contributed by atoms with Gasteiger partial charge in [0.2, 0.25) is 0 Å². The highest BCUT2D eigenvalue weighted by Gasteiger charge is 2.19. The molecule has 0 radical (unpaired) electrons. The lowest BCUT2D eigenvalue weighted by Gasteiger charge is -2.18. The fourth-order valence-electron chi connectivity index (χ4n) is 8.48. The minimum Gasteiger partial charge on any atom is -0.462 e. The van der Waals surface area contributed by atoms with Gasteiger partial charge < -0.3 is 14.2 Å². The molecule has 0 rings (SSSR count). The van der Waals surface area contributed by atoms with Crippen LogP contribution in [0.3, 0.4) is 0 Å². The average Bonchev–Trinajstić information content (AvgIpc) is 3.46. The quantitative estimate of drug-likeness (QED) is 0.0261. The standard InChI is InChI=1S/C74H118O6/c1-4-7-10-13-16-18-20-22-24-26-28-30-32-33-34-35-36-37-38-39-40-41-43-44-46-48-50-52-54-56-58-61-64-67-73(76)79-70-71(69-78-72(75)66-63-60-15-12-9-6-3)80-74(77)68-65-62-59-57-55-53-51-49-47-45-42-31-29-27-25-23-21-19-17-14-11-8-5-2/h7-8,10-11,16-19,22-25,28-31,33-34,36-37,39-40,43-44,48,50,71H,4-6,9,12-15,20-21,26-27,32,35,38,41-42,45-47,49,51-70H2,1-3H3/b10-7-,11-8-,18-16-,19-17-,24-22-,25-23-,30-28-,31-29-,34-33-,37-36-,40-39-,44-43-,50-48-. The van der Waals surface area contributed by atoms with Crippen LogP contribution in [0.1, 0.15) is 271 Å². The largest absolute Gasteiger partial charge is 0.462 e. The van der Waals surface area contributed by atoms with Crippen molar-refractivity contribution < 1.29 is 28.6 Å². The van der Waals surface area contributed by atoms with Gasteiger partial charge in [0.05, 0.1) is 0 Å². The van der Waals surface area contributed by atoms with Gasteiger partial charge in [-0.3, -0.25) is 14.4 Å². The summed E-state index contributed by atoms with van der Waals surface area (Å²) < 4.78 is 16.8. The molecule has 0 aliphatic heterocycles. The lowest BCUT2D eigenvalue weighted by Crippen LogP contribution is -2.30. The molecule has 6 heteroatoms. The first kappa shape index (κ1) is 75.0. The summed E-state index contributed by atoms with van der Waals surface area (Å²) in [5.74, 6) is -0.928. The molecule has 0 saturated heterocycles. The zero-order valence-corrected chi connectivity index (χ0v) is 51.5. The minimum atomic E-state index is -0.793. The van der Waals surface area contributed by atoms with Crippen LogP contribution in [0.5, 0.6) is 0 Å². The van der Waals surface area contributed by atoms with Crippen molar-refractivity contribution in [1.82, 2.24) is 0 Å². The third-order valence-electron chi connectivity index (χ3n) is 13.3. The smallest absolute Gasteiger partial charge is 0.306 e. The number of rotatable bonds is 57. The second kappa shape index (κ2) is 66.5. The molecular formula is C74H118O6. The third-order valence-corrected chi connectivity index (χ3v) is 13.3. The molecule has 1 unspecified atom stereocenters. The number of esters is 3. The van der Waals surface area contributed by atoms with Gasteiger partial charge in [0, 0.05) is 19.3 Å². The molecule has 450 valence electrons. The molecule has 0 amide bonds. The van der Waals surface area contributed by atoms with Crippen molar-refractivity contribution in [2.24, 2.45) is 0 Å². The van der Waals surface area contributed by atoms with E-state index in [2.05, 4.69) is 179 Å². The topological polar surface area (TPSA) is 78.9 Å². The minimum absolute atomic E-state index is 0.0908. The molecule has 0 N–H and O–H groups in total. The van der Waals surface area contributed by atoms with Crippen molar-refractivity contribution in [2.45, 2.75) is 277 Å². The highest BCUT2D eigenvalue weighted by atomic mass is 16.6. The SMILES string of the molecule is CC/C=C\C/C=C\C/C=C\C/C=C\C/C=C\C/C=C\C/C=C\C/C=C\C/C=C\CCCCCCCC(=O)OCC(COC(=O)CCCCCCCC)OC(=O)CCCCCCCCCCCC/C=C\C/C=C\C/C=C\C/C=C\CC. The van der Waals surface area contributed by atoms with Gasteiger partial charge in [-0.2, -0.15) is 0 Å². The fraction of sp³-hybridized carbons (Fsp3) is 0.608. The van der Waals surface area contributed by atoms with Crippen molar-refractivity contribution >= 4 is 17.9 Å². The van der Waals surface area contributed by atoms with E-state index >= 15 is 0 Å². The van der Waals surface area contributed by atoms with E-state index in [1.165, 1.54) is 70.6 Å². The Bertz CT molecular complexity index is 1790. The highest BCUT2D eigenvalue weighted by molar-refractivity contribution is 5.71. The molecule has 0 aromatic heterocycles. The first-order chi connectivity index (χ1) is 39.5. The van der Waals surface area contributed by atoms with Crippen LogP contribution in [0.15, 0.2) is 158 Å². The number of carbonyl (C=O) groups is 3. The summed E-state index contributed by atoms with van der Waals surface area (Å²) in [4.78, 5) is 38.0. The summed E-state index contributed by atoms with van der Waals surface area (Å²) in [6.45, 7) is 6.33. The van der Waals surface area contributed by atoms with Crippen LogP contribution in [0.4, 0.5) is 0 Å². The lowest BCUT2D eigenvalue weighted by atomic mass is 10.0. The van der Waals surface area contributed by atoms with E-state index in [0.717, 1.165) is 161 Å². The van der Waals surface area contributed by atoms with Gasteiger partial charge in [0.25, 0.3) is 0 Å². The Morgan fingerprint density at radius 1 is 0.263 bits per heavy atom. The fourth-order valence-corrected chi connectivity index (χ4v) is 8.48. The Morgan fingerprint density at radius 3 is 0.762 bits per heavy atom. The summed E-state index contributed by atoms with van der Waals surface area (Å²) in [6, 6.07) is 0. The Balaban J connectivity index is 4.18. The number of allylic oxidation sites excluding steroid dienone is 26. The lowest BCUT2D eigenvalue weighted by molar-refractivity contribution is -0.167. The normalized spacial score (nSPS) is 13.2. The molecule has 0 fully saturated rings. The van der Waals surface area contributed by atoms with E-state index in [1.807, 2.05) is 0 Å². The van der Waals surface area contributed by atoms with E-state index in [4.69, 9.17) is 14.2 Å². The highest BCUT2D eigenvalue weighted by Crippen LogP contribution is 2.15. The van der Waals surface area contributed by atoms with Crippen molar-refractivity contribution in [1.29, 1.82) is 0 Å². The van der Waals surface area contributed by atoms with Crippen LogP contribution in [-0.2, 0) is 28.6 Å². The first-order valence-corrected chi connectivity index (χ1v) is 32.5. The molecule has 0 bridgehead atoms. The maximum Gasteiger partial charge on any atom is 0.306 e. The van der Waals surface area contributed by atoms with Gasteiger partial charge >= 0.3 is 17.9 Å². The van der Waals surface area contributed by atoms with Crippen molar-refractivity contribution in [3.05, 3.63) is 158 Å². The van der Waals surface area contributed by atoms with Gasteiger partial charge in [0.1, 0.15) is 13.2 Å². The molecule has 6 nitrogen and oxygen atoms in total. The second-order valence-corrected chi connectivity index (χ2v) is 20.9. The van der Waals surface area contributed by atoms with Crippen LogP contribution < -0.4 is 0 Å². The monoisotopic (exact) mass is 1100 g/mol. The van der Waals surface area contributed by atoms with Crippen LogP contribution in [-0.4, -0.2) is 37.2 Å². The van der Waals surface area contributed by atoms with Crippen LogP contribution in [0.25, 0.3) is 0 Å². The van der Waals surface area contributed by atoms with Gasteiger partial charge in [-0.1, -0.05) is 281 Å². The Morgan fingerprint density at radius 2 is 0.487 bits per heavy atom. The van der Waals surface area contributed by atoms with Gasteiger partial charge in [-0.25, -0.2) is 0 Å². The third kappa shape index (κ3) is 63.9. The zero-order valence-electron chi connectivity index (χ0n) is 51.5. The molecule has 1 atom stereocenters. The number of unbranched alkanes of at least 4 members (excludes halogenated alkanes) is 20. The molecule has 0 aromatic rings. The molecular weight excluding hydrogens is 985 g/mol.